The highest BCUT2D eigenvalue weighted by atomic mass is 127. The summed E-state index contributed by atoms with van der Waals surface area (Å²) in [6.45, 7) is 2.32. The van der Waals surface area contributed by atoms with Crippen molar-refractivity contribution in [3.63, 3.8) is 0 Å². The van der Waals surface area contributed by atoms with Gasteiger partial charge in [0.15, 0.2) is 0 Å². The van der Waals surface area contributed by atoms with E-state index in [9.17, 15) is 0 Å². The van der Waals surface area contributed by atoms with Crippen molar-refractivity contribution in [1.82, 2.24) is 0 Å². The van der Waals surface area contributed by atoms with E-state index in [1.807, 2.05) is 0 Å². The fourth-order valence-electron chi connectivity index (χ4n) is 0.626. The molecule has 36 valence electrons. The quantitative estimate of drug-likeness (QED) is 0.411. The van der Waals surface area contributed by atoms with Crippen LogP contribution in [0.25, 0.3) is 0 Å². The Morgan fingerprint density at radius 3 is 2.00 bits per heavy atom. The van der Waals surface area contributed by atoms with Gasteiger partial charge in [-0.15, -0.1) is 0 Å². The van der Waals surface area contributed by atoms with Gasteiger partial charge in [0.25, 0.3) is 0 Å². The van der Waals surface area contributed by atoms with Gasteiger partial charge < -0.3 is 0 Å². The first kappa shape index (κ1) is 4.88. The van der Waals surface area contributed by atoms with Crippen LogP contribution in [0.2, 0.25) is 0 Å². The molecule has 1 heteroatoms. The molecule has 2 atom stereocenters. The van der Waals surface area contributed by atoms with E-state index < -0.39 is 0 Å². The SMILES string of the molecule is C[C@H]1CC[C@H]1I. The average molecular weight is 196 g/mol. The Morgan fingerprint density at radius 1 is 1.50 bits per heavy atom. The number of alkyl halides is 1. The zero-order valence-electron chi connectivity index (χ0n) is 3.95. The number of hydrogen-bond acceptors (Lipinski definition) is 0. The molecule has 0 bridgehead atoms. The van der Waals surface area contributed by atoms with Crippen molar-refractivity contribution in [3.8, 4) is 0 Å². The lowest BCUT2D eigenvalue weighted by atomic mass is 9.87. The predicted octanol–water partition coefficient (Wildman–Crippen LogP) is 2.22. The molecule has 0 heterocycles. The lowest BCUT2D eigenvalue weighted by Gasteiger charge is -2.27. The summed E-state index contributed by atoms with van der Waals surface area (Å²) in [6.07, 6.45) is 2.93. The number of rotatable bonds is 0. The van der Waals surface area contributed by atoms with Crippen molar-refractivity contribution in [1.29, 1.82) is 0 Å². The van der Waals surface area contributed by atoms with Crippen LogP contribution >= 0.6 is 22.6 Å². The highest BCUT2D eigenvalue weighted by Crippen LogP contribution is 2.33. The van der Waals surface area contributed by atoms with Crippen LogP contribution < -0.4 is 0 Å². The van der Waals surface area contributed by atoms with Gasteiger partial charge in [0.1, 0.15) is 0 Å². The Kier molecular flexibility index (Phi) is 1.37. The Hall–Kier alpha value is 0.730. The van der Waals surface area contributed by atoms with E-state index in [4.69, 9.17) is 0 Å². The van der Waals surface area contributed by atoms with Crippen LogP contribution in [0.3, 0.4) is 0 Å². The molecule has 0 radical (unpaired) electrons. The highest BCUT2D eigenvalue weighted by molar-refractivity contribution is 14.1. The molecule has 1 rings (SSSR count). The molecular formula is C5H9I. The molecule has 6 heavy (non-hydrogen) atoms. The standard InChI is InChI=1S/C5H9I/c1-4-2-3-5(4)6/h4-5H,2-3H2,1H3/t4-,5+/m0/s1. The molecule has 0 spiro atoms. The third-order valence-electron chi connectivity index (χ3n) is 1.52. The predicted molar refractivity (Wildman–Crippen MR) is 36.2 cm³/mol. The van der Waals surface area contributed by atoms with E-state index in [1.165, 1.54) is 12.8 Å². The van der Waals surface area contributed by atoms with Gasteiger partial charge >= 0.3 is 0 Å². The zero-order valence-corrected chi connectivity index (χ0v) is 6.10. The third-order valence-corrected chi connectivity index (χ3v) is 3.37. The normalized spacial score (nSPS) is 45.0. The van der Waals surface area contributed by atoms with Gasteiger partial charge in [0.2, 0.25) is 0 Å². The van der Waals surface area contributed by atoms with Gasteiger partial charge in [-0.1, -0.05) is 29.5 Å². The van der Waals surface area contributed by atoms with Crippen molar-refractivity contribution in [2.75, 3.05) is 0 Å². The van der Waals surface area contributed by atoms with Crippen LogP contribution in [0.15, 0.2) is 0 Å². The van der Waals surface area contributed by atoms with Crippen LogP contribution in [0.1, 0.15) is 19.8 Å². The Bertz CT molecular complexity index is 43.9. The van der Waals surface area contributed by atoms with E-state index >= 15 is 0 Å². The summed E-state index contributed by atoms with van der Waals surface area (Å²) >= 11 is 2.52. The topological polar surface area (TPSA) is 0 Å². The summed E-state index contributed by atoms with van der Waals surface area (Å²) in [4.78, 5) is 0. The summed E-state index contributed by atoms with van der Waals surface area (Å²) in [7, 11) is 0. The second kappa shape index (κ2) is 1.68. The van der Waals surface area contributed by atoms with Gasteiger partial charge in [0.05, 0.1) is 0 Å². The van der Waals surface area contributed by atoms with E-state index in [-0.39, 0.29) is 0 Å². The number of hydrogen-bond donors (Lipinski definition) is 0. The molecule has 1 saturated carbocycles. The lowest BCUT2D eigenvalue weighted by molar-refractivity contribution is 0.378. The molecule has 0 aromatic rings. The van der Waals surface area contributed by atoms with Crippen LogP contribution in [-0.2, 0) is 0 Å². The third kappa shape index (κ3) is 0.695. The van der Waals surface area contributed by atoms with E-state index in [2.05, 4.69) is 29.5 Å². The van der Waals surface area contributed by atoms with E-state index in [0.717, 1.165) is 9.84 Å². The van der Waals surface area contributed by atoms with Crippen molar-refractivity contribution >= 4 is 22.6 Å². The summed E-state index contributed by atoms with van der Waals surface area (Å²) in [6, 6.07) is 0. The van der Waals surface area contributed by atoms with Crippen LogP contribution in [0, 0.1) is 5.92 Å². The molecule has 0 unspecified atom stereocenters. The summed E-state index contributed by atoms with van der Waals surface area (Å²) in [5.41, 5.74) is 0. The summed E-state index contributed by atoms with van der Waals surface area (Å²) < 4.78 is 1.00. The molecule has 0 N–H and O–H groups in total. The van der Waals surface area contributed by atoms with E-state index in [0.29, 0.717) is 0 Å². The first-order valence-electron chi connectivity index (χ1n) is 2.45. The first-order valence-corrected chi connectivity index (χ1v) is 3.69. The minimum atomic E-state index is 1.00. The monoisotopic (exact) mass is 196 g/mol. The molecule has 0 aromatic carbocycles. The molecule has 1 aliphatic carbocycles. The molecule has 1 aliphatic rings. The molecular weight excluding hydrogens is 187 g/mol. The van der Waals surface area contributed by atoms with Crippen molar-refractivity contribution < 1.29 is 0 Å². The largest absolute Gasteiger partial charge is 0.0823 e. The highest BCUT2D eigenvalue weighted by Gasteiger charge is 2.22. The molecule has 0 saturated heterocycles. The Morgan fingerprint density at radius 2 is 2.00 bits per heavy atom. The lowest BCUT2D eigenvalue weighted by Crippen LogP contribution is -2.21. The second-order valence-electron chi connectivity index (χ2n) is 2.07. The van der Waals surface area contributed by atoms with Crippen LogP contribution in [0.5, 0.6) is 0 Å². The summed E-state index contributed by atoms with van der Waals surface area (Å²) in [5, 5.41) is 0. The van der Waals surface area contributed by atoms with Crippen LogP contribution in [-0.4, -0.2) is 3.92 Å². The minimum Gasteiger partial charge on any atom is -0.0823 e. The van der Waals surface area contributed by atoms with Gasteiger partial charge in [-0.05, 0) is 18.8 Å². The molecule has 0 nitrogen and oxygen atoms in total. The summed E-state index contributed by atoms with van der Waals surface area (Å²) in [5.74, 6) is 1.02. The number of halogens is 1. The Balaban J connectivity index is 2.20. The Labute approximate surface area is 52.5 Å². The smallest absolute Gasteiger partial charge is 0.0135 e. The zero-order chi connectivity index (χ0) is 4.57. The van der Waals surface area contributed by atoms with Gasteiger partial charge in [-0.3, -0.25) is 0 Å². The fourth-order valence-corrected chi connectivity index (χ4v) is 1.35. The maximum Gasteiger partial charge on any atom is 0.0135 e. The fraction of sp³-hybridized carbons (Fsp3) is 1.00. The van der Waals surface area contributed by atoms with Crippen molar-refractivity contribution in [2.45, 2.75) is 23.7 Å². The molecule has 0 amide bonds. The van der Waals surface area contributed by atoms with Crippen molar-refractivity contribution in [3.05, 3.63) is 0 Å². The maximum atomic E-state index is 2.52. The van der Waals surface area contributed by atoms with Gasteiger partial charge in [-0.2, -0.15) is 0 Å². The molecule has 1 fully saturated rings. The van der Waals surface area contributed by atoms with Crippen molar-refractivity contribution in [2.24, 2.45) is 5.92 Å². The second-order valence-corrected chi connectivity index (χ2v) is 3.67. The average Bonchev–Trinajstić information content (AvgIpc) is 1.61. The van der Waals surface area contributed by atoms with Gasteiger partial charge in [-0.25, -0.2) is 0 Å². The maximum absolute atomic E-state index is 2.52. The molecule has 0 aliphatic heterocycles. The first-order chi connectivity index (χ1) is 2.80. The van der Waals surface area contributed by atoms with E-state index in [1.54, 1.807) is 0 Å². The van der Waals surface area contributed by atoms with Crippen LogP contribution in [0.4, 0.5) is 0 Å². The van der Waals surface area contributed by atoms with Gasteiger partial charge in [0, 0.05) is 3.92 Å². The molecule has 0 aromatic heterocycles. The minimum absolute atomic E-state index is 1.00.